The lowest BCUT2D eigenvalue weighted by molar-refractivity contribution is 0.0702. The monoisotopic (exact) mass is 509 g/mol. The maximum Gasteiger partial charge on any atom is 0.345 e. The lowest BCUT2D eigenvalue weighted by Gasteiger charge is -2.33. The van der Waals surface area contributed by atoms with Crippen LogP contribution < -0.4 is 0 Å². The van der Waals surface area contributed by atoms with Crippen LogP contribution in [0, 0.1) is 5.82 Å². The quantitative estimate of drug-likeness (QED) is 0.433. The number of thiophene rings is 1. The molecule has 5 nitrogen and oxygen atoms in total. The summed E-state index contributed by atoms with van der Waals surface area (Å²) in [6.45, 7) is 9.12. The van der Waals surface area contributed by atoms with Crippen LogP contribution >= 0.6 is 11.3 Å². The van der Waals surface area contributed by atoms with Gasteiger partial charge in [-0.2, -0.15) is 0 Å². The highest BCUT2D eigenvalue weighted by Gasteiger charge is 2.34. The predicted octanol–water partition coefficient (Wildman–Crippen LogP) is 6.55. The molecule has 1 N–H and O–H groups in total. The van der Waals surface area contributed by atoms with E-state index in [4.69, 9.17) is 0 Å². The second kappa shape index (κ2) is 9.58. The fourth-order valence-corrected chi connectivity index (χ4v) is 7.97. The van der Waals surface area contributed by atoms with Crippen molar-refractivity contribution in [2.75, 3.05) is 19.6 Å². The van der Waals surface area contributed by atoms with Gasteiger partial charge in [-0.3, -0.25) is 9.80 Å². The Labute approximate surface area is 216 Å². The molecule has 0 radical (unpaired) electrons. The maximum absolute atomic E-state index is 14.6. The molecule has 2 fully saturated rings. The molecular weight excluding hydrogens is 473 g/mol. The van der Waals surface area contributed by atoms with Crippen LogP contribution in [0.15, 0.2) is 24.3 Å². The van der Waals surface area contributed by atoms with Crippen molar-refractivity contribution in [2.24, 2.45) is 0 Å². The molecule has 4 heterocycles. The van der Waals surface area contributed by atoms with E-state index in [1.54, 1.807) is 12.1 Å². The SMILES string of the molecule is CC(C)N1CC[C@H](N2CCn3c(c(C4CCCCC4)c4sc(C(=O)O)cc43)-c3ccc(F)cc3C2)C1. The normalized spacial score (nSPS) is 22.1. The van der Waals surface area contributed by atoms with Crippen LogP contribution in [-0.4, -0.2) is 57.2 Å². The van der Waals surface area contributed by atoms with Crippen molar-refractivity contribution in [2.45, 2.75) is 83.5 Å². The molecule has 36 heavy (non-hydrogen) atoms. The van der Waals surface area contributed by atoms with Crippen LogP contribution in [0.3, 0.4) is 0 Å². The second-order valence-electron chi connectivity index (χ2n) is 11.2. The summed E-state index contributed by atoms with van der Waals surface area (Å²) in [6.07, 6.45) is 7.11. The van der Waals surface area contributed by atoms with Gasteiger partial charge in [0.2, 0.25) is 0 Å². The maximum atomic E-state index is 14.6. The van der Waals surface area contributed by atoms with Gasteiger partial charge in [0, 0.05) is 50.4 Å². The summed E-state index contributed by atoms with van der Waals surface area (Å²) in [6, 6.07) is 8.17. The average molecular weight is 510 g/mol. The van der Waals surface area contributed by atoms with Gasteiger partial charge in [0.05, 0.1) is 15.9 Å². The molecule has 1 saturated heterocycles. The van der Waals surface area contributed by atoms with Crippen LogP contribution in [0.5, 0.6) is 0 Å². The molecule has 1 atom stereocenters. The molecule has 1 aromatic carbocycles. The number of benzene rings is 1. The molecule has 6 rings (SSSR count). The summed E-state index contributed by atoms with van der Waals surface area (Å²) < 4.78 is 18.1. The first-order valence-electron chi connectivity index (χ1n) is 13.6. The third-order valence-electron chi connectivity index (χ3n) is 8.75. The van der Waals surface area contributed by atoms with E-state index in [1.165, 1.54) is 41.9 Å². The molecular formula is C29H36FN3O2S. The van der Waals surface area contributed by atoms with Crippen molar-refractivity contribution < 1.29 is 14.3 Å². The minimum absolute atomic E-state index is 0.184. The Morgan fingerprint density at radius 1 is 1.08 bits per heavy atom. The average Bonchev–Trinajstić information content (AvgIpc) is 3.56. The predicted molar refractivity (Wildman–Crippen MR) is 144 cm³/mol. The van der Waals surface area contributed by atoms with Crippen molar-refractivity contribution in [1.29, 1.82) is 0 Å². The number of aromatic carboxylic acids is 1. The van der Waals surface area contributed by atoms with Gasteiger partial charge < -0.3 is 9.67 Å². The minimum atomic E-state index is -0.852. The Hall–Kier alpha value is -2.22. The van der Waals surface area contributed by atoms with Crippen LogP contribution in [0.1, 0.15) is 79.1 Å². The van der Waals surface area contributed by atoms with E-state index < -0.39 is 5.97 Å². The van der Waals surface area contributed by atoms with E-state index in [1.807, 2.05) is 12.1 Å². The number of nitrogens with zero attached hydrogens (tertiary/aromatic N) is 3. The first kappa shape index (κ1) is 24.1. The van der Waals surface area contributed by atoms with Crippen LogP contribution in [0.4, 0.5) is 4.39 Å². The van der Waals surface area contributed by atoms with Gasteiger partial charge >= 0.3 is 5.97 Å². The molecule has 2 aromatic heterocycles. The van der Waals surface area contributed by atoms with E-state index in [0.717, 1.165) is 73.3 Å². The number of likely N-dealkylation sites (tertiary alicyclic amines) is 1. The molecule has 3 aromatic rings. The Kier molecular flexibility index (Phi) is 6.42. The van der Waals surface area contributed by atoms with Gasteiger partial charge in [-0.05, 0) is 74.4 Å². The fourth-order valence-electron chi connectivity index (χ4n) is 6.84. The zero-order valence-electron chi connectivity index (χ0n) is 21.3. The van der Waals surface area contributed by atoms with Gasteiger partial charge in [-0.1, -0.05) is 19.3 Å². The molecule has 2 aliphatic heterocycles. The standard InChI is InChI=1S/C29H36FN3O2S/c1-18(2)31-11-10-22(17-31)32-12-13-33-24-15-25(29(34)35)36-28(24)26(19-6-4-3-5-7-19)27(33)23-9-8-21(30)14-20(23)16-32/h8-9,14-15,18-19,22H,3-7,10-13,16-17H2,1-2H3,(H,34,35)/t22-/m0/s1. The summed E-state index contributed by atoms with van der Waals surface area (Å²) >= 11 is 1.43. The number of hydrogen-bond donors (Lipinski definition) is 1. The van der Waals surface area contributed by atoms with Crippen LogP contribution in [-0.2, 0) is 13.1 Å². The summed E-state index contributed by atoms with van der Waals surface area (Å²) in [5.74, 6) is -0.604. The zero-order chi connectivity index (χ0) is 25.0. The largest absolute Gasteiger partial charge is 0.477 e. The van der Waals surface area contributed by atoms with Gasteiger partial charge in [0.1, 0.15) is 10.7 Å². The van der Waals surface area contributed by atoms with Crippen LogP contribution in [0.25, 0.3) is 21.5 Å². The number of hydrogen-bond acceptors (Lipinski definition) is 4. The zero-order valence-corrected chi connectivity index (χ0v) is 22.1. The van der Waals surface area contributed by atoms with Crippen LogP contribution in [0.2, 0.25) is 0 Å². The highest BCUT2D eigenvalue weighted by Crippen LogP contribution is 2.48. The van der Waals surface area contributed by atoms with E-state index in [2.05, 4.69) is 28.2 Å². The highest BCUT2D eigenvalue weighted by molar-refractivity contribution is 7.21. The minimum Gasteiger partial charge on any atom is -0.477 e. The van der Waals surface area contributed by atoms with Gasteiger partial charge in [0.15, 0.2) is 0 Å². The van der Waals surface area contributed by atoms with Crippen molar-refractivity contribution in [1.82, 2.24) is 14.4 Å². The first-order chi connectivity index (χ1) is 17.4. The Morgan fingerprint density at radius 3 is 2.61 bits per heavy atom. The summed E-state index contributed by atoms with van der Waals surface area (Å²) in [4.78, 5) is 17.4. The lowest BCUT2D eigenvalue weighted by Crippen LogP contribution is -2.41. The van der Waals surface area contributed by atoms with Crippen molar-refractivity contribution in [3.05, 3.63) is 46.1 Å². The molecule has 0 amide bonds. The Balaban J connectivity index is 1.50. The summed E-state index contributed by atoms with van der Waals surface area (Å²) in [7, 11) is 0. The molecule has 0 bridgehead atoms. The second-order valence-corrected chi connectivity index (χ2v) is 12.2. The molecule has 192 valence electrons. The Bertz CT molecular complexity index is 1290. The van der Waals surface area contributed by atoms with Crippen molar-refractivity contribution >= 4 is 27.5 Å². The number of carbonyl (C=O) groups is 1. The molecule has 1 aliphatic carbocycles. The van der Waals surface area contributed by atoms with Gasteiger partial charge in [-0.25, -0.2) is 9.18 Å². The van der Waals surface area contributed by atoms with Crippen molar-refractivity contribution in [3.8, 4) is 11.3 Å². The third-order valence-corrected chi connectivity index (χ3v) is 9.89. The number of carboxylic acid groups (broad SMARTS) is 1. The number of aromatic nitrogens is 1. The van der Waals surface area contributed by atoms with E-state index >= 15 is 0 Å². The van der Waals surface area contributed by atoms with Gasteiger partial charge in [-0.15, -0.1) is 11.3 Å². The summed E-state index contributed by atoms with van der Waals surface area (Å²) in [5.41, 5.74) is 5.75. The number of fused-ring (bicyclic) bond motifs is 5. The number of rotatable bonds is 4. The number of carboxylic acids is 1. The fraction of sp³-hybridized carbons (Fsp3) is 0.552. The van der Waals surface area contributed by atoms with Gasteiger partial charge in [0.25, 0.3) is 0 Å². The van der Waals surface area contributed by atoms with E-state index in [0.29, 0.717) is 22.9 Å². The van der Waals surface area contributed by atoms with E-state index in [-0.39, 0.29) is 5.82 Å². The smallest absolute Gasteiger partial charge is 0.345 e. The van der Waals surface area contributed by atoms with E-state index in [9.17, 15) is 14.3 Å². The molecule has 0 unspecified atom stereocenters. The molecule has 1 saturated carbocycles. The highest BCUT2D eigenvalue weighted by atomic mass is 32.1. The third kappa shape index (κ3) is 4.19. The number of halogens is 1. The summed E-state index contributed by atoms with van der Waals surface area (Å²) in [5, 5.41) is 9.80. The Morgan fingerprint density at radius 2 is 1.89 bits per heavy atom. The lowest BCUT2D eigenvalue weighted by atomic mass is 9.82. The first-order valence-corrected chi connectivity index (χ1v) is 14.4. The molecule has 7 heteroatoms. The molecule has 0 spiro atoms. The van der Waals surface area contributed by atoms with Crippen molar-refractivity contribution in [3.63, 3.8) is 0 Å². The topological polar surface area (TPSA) is 48.7 Å². The molecule has 3 aliphatic rings.